The lowest BCUT2D eigenvalue weighted by atomic mass is 10.1. The molecule has 0 aliphatic carbocycles. The number of amides is 3. The maximum absolute atomic E-state index is 13.5. The Morgan fingerprint density at radius 2 is 1.73 bits per heavy atom. The molecule has 0 aromatic heterocycles. The van der Waals surface area contributed by atoms with E-state index in [1.54, 1.807) is 0 Å². The third-order valence-corrected chi connectivity index (χ3v) is 4.10. The van der Waals surface area contributed by atoms with Gasteiger partial charge in [0.15, 0.2) is 0 Å². The van der Waals surface area contributed by atoms with Crippen molar-refractivity contribution in [1.82, 2.24) is 15.1 Å². The minimum absolute atomic E-state index is 0.0234. The summed E-state index contributed by atoms with van der Waals surface area (Å²) >= 11 is 5.77. The minimum atomic E-state index is -2.76. The number of alkyl halides is 2. The van der Waals surface area contributed by atoms with Crippen molar-refractivity contribution in [3.05, 3.63) is 28.5 Å². The molecule has 0 unspecified atom stereocenters. The molecule has 0 bridgehead atoms. The highest BCUT2D eigenvalue weighted by molar-refractivity contribution is 6.35. The number of benzene rings is 1. The van der Waals surface area contributed by atoms with Crippen molar-refractivity contribution in [2.75, 3.05) is 38.5 Å². The van der Waals surface area contributed by atoms with Crippen molar-refractivity contribution in [3.8, 4) is 0 Å². The fourth-order valence-corrected chi connectivity index (χ4v) is 2.64. The number of nitrogens with one attached hydrogen (secondary N) is 1. The number of hydrogen-bond donors (Lipinski definition) is 2. The molecule has 1 aliphatic rings. The number of anilines is 1. The highest BCUT2D eigenvalue weighted by Gasteiger charge is 2.29. The van der Waals surface area contributed by atoms with Crippen molar-refractivity contribution >= 4 is 35.0 Å². The molecular formula is C15H16ClF3N4O3. The van der Waals surface area contributed by atoms with Crippen molar-refractivity contribution in [2.45, 2.75) is 6.43 Å². The van der Waals surface area contributed by atoms with Gasteiger partial charge < -0.3 is 20.9 Å². The summed E-state index contributed by atoms with van der Waals surface area (Å²) in [5.41, 5.74) is 5.56. The molecule has 0 saturated carbocycles. The molecule has 1 aliphatic heterocycles. The van der Waals surface area contributed by atoms with Crippen molar-refractivity contribution in [3.63, 3.8) is 0 Å². The first-order chi connectivity index (χ1) is 12.2. The Labute approximate surface area is 151 Å². The zero-order chi connectivity index (χ0) is 19.4. The molecular weight excluding hydrogens is 377 g/mol. The number of nitrogen functional groups attached to an aromatic ring is 1. The number of carbonyl (C=O) groups is 3. The van der Waals surface area contributed by atoms with E-state index in [0.29, 0.717) is 0 Å². The molecule has 7 nitrogen and oxygen atoms in total. The lowest BCUT2D eigenvalue weighted by molar-refractivity contribution is -0.147. The van der Waals surface area contributed by atoms with Gasteiger partial charge in [-0.25, -0.2) is 13.2 Å². The number of carbonyl (C=O) groups excluding carboxylic acids is 3. The van der Waals surface area contributed by atoms with Gasteiger partial charge in [-0.05, 0) is 12.1 Å². The van der Waals surface area contributed by atoms with E-state index in [4.69, 9.17) is 17.3 Å². The Bertz CT molecular complexity index is 724. The van der Waals surface area contributed by atoms with Crippen LogP contribution in [0.3, 0.4) is 0 Å². The predicted molar refractivity (Wildman–Crippen MR) is 87.3 cm³/mol. The van der Waals surface area contributed by atoms with E-state index in [9.17, 15) is 27.6 Å². The fourth-order valence-electron chi connectivity index (χ4n) is 2.43. The first-order valence-corrected chi connectivity index (χ1v) is 7.97. The van der Waals surface area contributed by atoms with Gasteiger partial charge in [-0.15, -0.1) is 0 Å². The van der Waals surface area contributed by atoms with Gasteiger partial charge in [0.25, 0.3) is 12.3 Å². The molecule has 3 N–H and O–H groups in total. The molecule has 142 valence electrons. The normalized spacial score (nSPS) is 14.5. The smallest absolute Gasteiger partial charge is 0.312 e. The topological polar surface area (TPSA) is 95.7 Å². The van der Waals surface area contributed by atoms with Crippen LogP contribution in [-0.2, 0) is 9.59 Å². The van der Waals surface area contributed by atoms with Gasteiger partial charge in [0.1, 0.15) is 5.82 Å². The van der Waals surface area contributed by atoms with Crippen LogP contribution in [0.1, 0.15) is 10.4 Å². The summed E-state index contributed by atoms with van der Waals surface area (Å²) in [6.45, 7) is -0.728. The third-order valence-electron chi connectivity index (χ3n) is 3.79. The molecule has 0 radical (unpaired) electrons. The van der Waals surface area contributed by atoms with Crippen LogP contribution in [-0.4, -0.2) is 66.7 Å². The Morgan fingerprint density at radius 1 is 1.15 bits per heavy atom. The Balaban J connectivity index is 1.97. The van der Waals surface area contributed by atoms with Crippen molar-refractivity contribution < 1.29 is 27.6 Å². The molecule has 0 spiro atoms. The maximum atomic E-state index is 13.5. The maximum Gasteiger partial charge on any atom is 0.312 e. The first-order valence-electron chi connectivity index (χ1n) is 7.59. The van der Waals surface area contributed by atoms with Crippen LogP contribution in [0, 0.1) is 5.82 Å². The van der Waals surface area contributed by atoms with Gasteiger partial charge in [0, 0.05) is 26.2 Å². The number of piperazine rings is 1. The minimum Gasteiger partial charge on any atom is -0.397 e. The van der Waals surface area contributed by atoms with Crippen LogP contribution < -0.4 is 11.1 Å². The summed E-state index contributed by atoms with van der Waals surface area (Å²) < 4.78 is 37.6. The van der Waals surface area contributed by atoms with Crippen LogP contribution in [0.2, 0.25) is 5.02 Å². The zero-order valence-electron chi connectivity index (χ0n) is 13.5. The van der Waals surface area contributed by atoms with Crippen LogP contribution >= 0.6 is 11.6 Å². The summed E-state index contributed by atoms with van der Waals surface area (Å²) in [4.78, 5) is 38.3. The molecule has 26 heavy (non-hydrogen) atoms. The quantitative estimate of drug-likeness (QED) is 0.585. The highest BCUT2D eigenvalue weighted by atomic mass is 35.5. The Morgan fingerprint density at radius 3 is 2.31 bits per heavy atom. The van der Waals surface area contributed by atoms with Crippen LogP contribution in [0.15, 0.2) is 12.1 Å². The monoisotopic (exact) mass is 392 g/mol. The van der Waals surface area contributed by atoms with Gasteiger partial charge in [-0.2, -0.15) is 0 Å². The summed E-state index contributed by atoms with van der Waals surface area (Å²) in [6, 6.07) is 1.96. The molecule has 3 amide bonds. The average molecular weight is 393 g/mol. The number of hydrogen-bond acceptors (Lipinski definition) is 4. The zero-order valence-corrected chi connectivity index (χ0v) is 14.2. The number of halogens is 4. The summed E-state index contributed by atoms with van der Waals surface area (Å²) in [7, 11) is 0. The number of rotatable bonds is 3. The van der Waals surface area contributed by atoms with Crippen molar-refractivity contribution in [1.29, 1.82) is 0 Å². The third kappa shape index (κ3) is 4.57. The molecule has 11 heteroatoms. The van der Waals surface area contributed by atoms with Gasteiger partial charge >= 0.3 is 11.8 Å². The lowest BCUT2D eigenvalue weighted by Gasteiger charge is -2.34. The molecule has 1 aromatic carbocycles. The Kier molecular flexibility index (Phi) is 6.30. The second kappa shape index (κ2) is 8.26. The number of nitrogens with two attached hydrogens (primary N) is 1. The SMILES string of the molecule is Nc1c(Cl)cc(F)cc1C(=O)N1CCN(C(=O)C(=O)NCC(F)F)CC1. The highest BCUT2D eigenvalue weighted by Crippen LogP contribution is 2.26. The summed E-state index contributed by atoms with van der Waals surface area (Å²) in [5.74, 6) is -3.35. The van der Waals surface area contributed by atoms with Gasteiger partial charge in [0.2, 0.25) is 0 Å². The molecule has 2 rings (SSSR count). The van der Waals surface area contributed by atoms with E-state index in [1.807, 2.05) is 5.32 Å². The van der Waals surface area contributed by atoms with E-state index in [0.717, 1.165) is 17.0 Å². The summed E-state index contributed by atoms with van der Waals surface area (Å²) in [6.07, 6.45) is -2.76. The average Bonchev–Trinajstić information content (AvgIpc) is 2.61. The largest absolute Gasteiger partial charge is 0.397 e. The second-order valence-corrected chi connectivity index (χ2v) is 5.94. The van der Waals surface area contributed by atoms with E-state index >= 15 is 0 Å². The van der Waals surface area contributed by atoms with E-state index in [1.165, 1.54) is 4.90 Å². The molecule has 1 heterocycles. The van der Waals surface area contributed by atoms with Crippen LogP contribution in [0.25, 0.3) is 0 Å². The van der Waals surface area contributed by atoms with Crippen LogP contribution in [0.4, 0.5) is 18.9 Å². The van der Waals surface area contributed by atoms with Crippen LogP contribution in [0.5, 0.6) is 0 Å². The van der Waals surface area contributed by atoms with Crippen molar-refractivity contribution in [2.24, 2.45) is 0 Å². The second-order valence-electron chi connectivity index (χ2n) is 5.53. The fraction of sp³-hybridized carbons (Fsp3) is 0.400. The predicted octanol–water partition coefficient (Wildman–Crippen LogP) is 0.727. The van der Waals surface area contributed by atoms with E-state index < -0.39 is 36.5 Å². The molecule has 1 fully saturated rings. The van der Waals surface area contributed by atoms with Gasteiger partial charge in [-0.1, -0.05) is 11.6 Å². The molecule has 1 aromatic rings. The summed E-state index contributed by atoms with van der Waals surface area (Å²) in [5, 5.41) is 1.74. The lowest BCUT2D eigenvalue weighted by Crippen LogP contribution is -2.54. The van der Waals surface area contributed by atoms with Gasteiger partial charge in [0.05, 0.1) is 22.8 Å². The molecule has 0 atom stereocenters. The van der Waals surface area contributed by atoms with E-state index in [2.05, 4.69) is 0 Å². The Hall–Kier alpha value is -2.49. The van der Waals surface area contributed by atoms with Gasteiger partial charge in [-0.3, -0.25) is 14.4 Å². The first kappa shape index (κ1) is 19.8. The van der Waals surface area contributed by atoms with E-state index in [-0.39, 0.29) is 42.5 Å². The molecule has 1 saturated heterocycles. The standard InChI is InChI=1S/C15H16ClF3N4O3/c16-10-6-8(17)5-9(12(10)20)14(25)22-1-3-23(4-2-22)15(26)13(24)21-7-11(18)19/h5-6,11H,1-4,7,20H2,(H,21,24). The number of nitrogens with zero attached hydrogens (tertiary/aromatic N) is 2.